The number of fused-ring (bicyclic) bond motifs is 1. The van der Waals surface area contributed by atoms with E-state index in [1.165, 1.54) is 4.90 Å². The molecule has 0 radical (unpaired) electrons. The van der Waals surface area contributed by atoms with Crippen LogP contribution in [0.15, 0.2) is 12.7 Å². The first kappa shape index (κ1) is 25.7. The molecule has 8 heteroatoms. The molecule has 1 spiro atoms. The lowest BCUT2D eigenvalue weighted by Crippen LogP contribution is -2.60. The zero-order chi connectivity index (χ0) is 24.7. The summed E-state index contributed by atoms with van der Waals surface area (Å²) in [4.78, 5) is 43.7. The third-order valence-electron chi connectivity index (χ3n) is 8.54. The molecule has 3 saturated heterocycles. The highest BCUT2D eigenvalue weighted by molar-refractivity contribution is 5.98. The molecule has 3 heterocycles. The Hall–Kier alpha value is -1.93. The van der Waals surface area contributed by atoms with Crippen LogP contribution in [0.2, 0.25) is 0 Å². The summed E-state index contributed by atoms with van der Waals surface area (Å²) in [5, 5.41) is 20.4. The maximum absolute atomic E-state index is 14.1. The number of aliphatic hydroxyl groups excluding tert-OH is 1. The number of nitrogens with zero attached hydrogens (tertiary/aromatic N) is 2. The lowest BCUT2D eigenvalue weighted by atomic mass is 9.62. The highest BCUT2D eigenvalue weighted by Gasteiger charge is 2.80. The summed E-state index contributed by atoms with van der Waals surface area (Å²) in [6.45, 7) is 14.0. The minimum atomic E-state index is -1.21. The number of carbonyl (C=O) groups is 3. The Bertz CT molecular complexity index is 802. The number of carboxylic acids is 1. The largest absolute Gasteiger partial charge is 0.481 e. The number of amides is 2. The molecule has 8 atom stereocenters. The Kier molecular flexibility index (Phi) is 7.30. The Morgan fingerprint density at radius 3 is 2.58 bits per heavy atom. The molecule has 2 amide bonds. The van der Waals surface area contributed by atoms with E-state index in [0.29, 0.717) is 25.9 Å². The number of carbonyl (C=O) groups excluding carboxylic acids is 2. The molecule has 3 unspecified atom stereocenters. The van der Waals surface area contributed by atoms with Crippen LogP contribution in [0.5, 0.6) is 0 Å². The SMILES string of the molecule is C=CCN(CCCC)C(=O)C1N([C@@H](CO)[C@@H](C)CC)C(=O)[C@@H]2[C@H](C(=O)O)[C@@]3(C)OC12CC3C. The molecule has 3 fully saturated rings. The van der Waals surface area contributed by atoms with Gasteiger partial charge in [-0.1, -0.05) is 46.6 Å². The van der Waals surface area contributed by atoms with Crippen molar-refractivity contribution < 1.29 is 29.3 Å². The summed E-state index contributed by atoms with van der Waals surface area (Å²) < 4.78 is 6.53. The van der Waals surface area contributed by atoms with E-state index in [2.05, 4.69) is 6.58 Å². The fraction of sp³-hybridized carbons (Fsp3) is 0.800. The summed E-state index contributed by atoms with van der Waals surface area (Å²) in [7, 11) is 0. The van der Waals surface area contributed by atoms with E-state index in [4.69, 9.17) is 4.74 Å². The number of aliphatic carboxylic acids is 1. The van der Waals surface area contributed by atoms with Gasteiger partial charge in [-0.25, -0.2) is 0 Å². The predicted octanol–water partition coefficient (Wildman–Crippen LogP) is 2.30. The molecule has 8 nitrogen and oxygen atoms in total. The second-order valence-corrected chi connectivity index (χ2v) is 10.3. The first-order valence-corrected chi connectivity index (χ1v) is 12.3. The van der Waals surface area contributed by atoms with Crippen LogP contribution in [0.4, 0.5) is 0 Å². The number of rotatable bonds is 11. The molecule has 3 rings (SSSR count). The van der Waals surface area contributed by atoms with Crippen LogP contribution in [0, 0.1) is 23.7 Å². The van der Waals surface area contributed by atoms with Crippen molar-refractivity contribution in [3.8, 4) is 0 Å². The maximum atomic E-state index is 14.1. The highest BCUT2D eigenvalue weighted by atomic mass is 16.5. The number of aliphatic hydroxyl groups is 1. The van der Waals surface area contributed by atoms with Gasteiger partial charge >= 0.3 is 5.97 Å². The van der Waals surface area contributed by atoms with Crippen LogP contribution in [0.1, 0.15) is 60.3 Å². The van der Waals surface area contributed by atoms with E-state index in [9.17, 15) is 24.6 Å². The van der Waals surface area contributed by atoms with Crippen molar-refractivity contribution >= 4 is 17.8 Å². The molecule has 0 aliphatic carbocycles. The molecular formula is C25H40N2O6. The van der Waals surface area contributed by atoms with Crippen LogP contribution in [-0.4, -0.2) is 80.8 Å². The zero-order valence-electron chi connectivity index (χ0n) is 20.6. The normalized spacial score (nSPS) is 36.5. The Balaban J connectivity index is 2.16. The van der Waals surface area contributed by atoms with E-state index in [1.54, 1.807) is 17.9 Å². The van der Waals surface area contributed by atoms with E-state index < -0.39 is 41.1 Å². The van der Waals surface area contributed by atoms with Gasteiger partial charge in [0.25, 0.3) is 0 Å². The molecule has 0 saturated carbocycles. The molecule has 0 aromatic rings. The molecule has 33 heavy (non-hydrogen) atoms. The smallest absolute Gasteiger partial charge is 0.310 e. The number of hydrogen-bond donors (Lipinski definition) is 2. The van der Waals surface area contributed by atoms with Crippen LogP contribution in [0.3, 0.4) is 0 Å². The van der Waals surface area contributed by atoms with Crippen molar-refractivity contribution in [3.63, 3.8) is 0 Å². The minimum Gasteiger partial charge on any atom is -0.481 e. The van der Waals surface area contributed by atoms with Crippen molar-refractivity contribution in [3.05, 3.63) is 12.7 Å². The molecule has 186 valence electrons. The van der Waals surface area contributed by atoms with E-state index in [-0.39, 0.29) is 30.3 Å². The summed E-state index contributed by atoms with van der Waals surface area (Å²) in [6.07, 6.45) is 4.51. The Morgan fingerprint density at radius 1 is 1.39 bits per heavy atom. The summed E-state index contributed by atoms with van der Waals surface area (Å²) in [6, 6.07) is -1.56. The first-order chi connectivity index (χ1) is 15.5. The predicted molar refractivity (Wildman–Crippen MR) is 123 cm³/mol. The lowest BCUT2D eigenvalue weighted by molar-refractivity contribution is -0.161. The zero-order valence-corrected chi connectivity index (χ0v) is 20.6. The van der Waals surface area contributed by atoms with Gasteiger partial charge in [-0.15, -0.1) is 6.58 Å². The van der Waals surface area contributed by atoms with Gasteiger partial charge in [0.15, 0.2) is 0 Å². The van der Waals surface area contributed by atoms with E-state index in [0.717, 1.165) is 12.8 Å². The van der Waals surface area contributed by atoms with E-state index in [1.807, 2.05) is 27.7 Å². The molecule has 0 aromatic carbocycles. The summed E-state index contributed by atoms with van der Waals surface area (Å²) >= 11 is 0. The van der Waals surface area contributed by atoms with Gasteiger partial charge in [0, 0.05) is 13.1 Å². The van der Waals surface area contributed by atoms with Gasteiger partial charge in [-0.3, -0.25) is 14.4 Å². The third kappa shape index (κ3) is 3.70. The van der Waals surface area contributed by atoms with Gasteiger partial charge in [-0.2, -0.15) is 0 Å². The van der Waals surface area contributed by atoms with Crippen molar-refractivity contribution in [2.75, 3.05) is 19.7 Å². The van der Waals surface area contributed by atoms with Crippen molar-refractivity contribution in [2.45, 2.75) is 83.6 Å². The van der Waals surface area contributed by atoms with Crippen molar-refractivity contribution in [1.82, 2.24) is 9.80 Å². The number of likely N-dealkylation sites (tertiary alicyclic amines) is 1. The van der Waals surface area contributed by atoms with Crippen LogP contribution >= 0.6 is 0 Å². The second kappa shape index (κ2) is 9.37. The fourth-order valence-corrected chi connectivity index (χ4v) is 6.47. The third-order valence-corrected chi connectivity index (χ3v) is 8.54. The molecular weight excluding hydrogens is 424 g/mol. The molecule has 2 bridgehead atoms. The second-order valence-electron chi connectivity index (χ2n) is 10.3. The Labute approximate surface area is 196 Å². The van der Waals surface area contributed by atoms with Crippen molar-refractivity contribution in [1.29, 1.82) is 0 Å². The number of hydrogen-bond acceptors (Lipinski definition) is 5. The fourth-order valence-electron chi connectivity index (χ4n) is 6.47. The molecule has 3 aliphatic heterocycles. The summed E-state index contributed by atoms with van der Waals surface area (Å²) in [5.74, 6) is -3.88. The first-order valence-electron chi connectivity index (χ1n) is 12.3. The number of ether oxygens (including phenoxy) is 1. The molecule has 3 aliphatic rings. The molecule has 2 N–H and O–H groups in total. The van der Waals surface area contributed by atoms with Gasteiger partial charge in [0.2, 0.25) is 11.8 Å². The topological polar surface area (TPSA) is 107 Å². The van der Waals surface area contributed by atoms with Gasteiger partial charge < -0.3 is 24.7 Å². The van der Waals surface area contributed by atoms with Crippen molar-refractivity contribution in [2.24, 2.45) is 23.7 Å². The number of carboxylic acid groups (broad SMARTS) is 1. The highest BCUT2D eigenvalue weighted by Crippen LogP contribution is 2.65. The Morgan fingerprint density at radius 2 is 2.06 bits per heavy atom. The van der Waals surface area contributed by atoms with Gasteiger partial charge in [0.1, 0.15) is 17.6 Å². The van der Waals surface area contributed by atoms with Crippen LogP contribution < -0.4 is 0 Å². The van der Waals surface area contributed by atoms with Gasteiger partial charge in [0.05, 0.1) is 24.2 Å². The lowest BCUT2D eigenvalue weighted by Gasteiger charge is -2.41. The quantitative estimate of drug-likeness (QED) is 0.455. The maximum Gasteiger partial charge on any atom is 0.310 e. The molecule has 0 aromatic heterocycles. The van der Waals surface area contributed by atoms with Crippen LogP contribution in [0.25, 0.3) is 0 Å². The minimum absolute atomic E-state index is 0.0681. The standard InChI is InChI=1S/C25H40N2O6/c1-7-10-12-26(11-8-2)22(30)20-25-13-16(5)24(6,33-25)19(23(31)32)18(25)21(29)27(20)17(14-28)15(4)9-3/h8,15-20,28H,2,7,9-14H2,1,3-6H3,(H,31,32)/t15-,16?,17-,18-,19+,20?,24-,25?/m0/s1. The van der Waals surface area contributed by atoms with Gasteiger partial charge in [-0.05, 0) is 31.6 Å². The van der Waals surface area contributed by atoms with Crippen LogP contribution in [-0.2, 0) is 19.1 Å². The average Bonchev–Trinajstić information content (AvgIpc) is 3.28. The summed E-state index contributed by atoms with van der Waals surface area (Å²) in [5.41, 5.74) is -2.23. The number of unbranched alkanes of at least 4 members (excludes halogenated alkanes) is 1. The monoisotopic (exact) mass is 464 g/mol. The van der Waals surface area contributed by atoms with E-state index >= 15 is 0 Å². The average molecular weight is 465 g/mol.